The lowest BCUT2D eigenvalue weighted by molar-refractivity contribution is -0.157. The van der Waals surface area contributed by atoms with Crippen LogP contribution < -0.4 is 26.6 Å². The Balaban J connectivity index is 3.00. The van der Waals surface area contributed by atoms with E-state index in [0.717, 1.165) is 36.3 Å². The molecule has 1 saturated heterocycles. The van der Waals surface area contributed by atoms with Gasteiger partial charge in [0.25, 0.3) is 5.91 Å². The van der Waals surface area contributed by atoms with E-state index in [2.05, 4.69) is 26.6 Å². The van der Waals surface area contributed by atoms with E-state index < -0.39 is 155 Å². The molecule has 13 atom stereocenters. The van der Waals surface area contributed by atoms with Gasteiger partial charge in [-0.2, -0.15) is 11.8 Å². The number of likely N-dealkylation sites (N-methyl/N-ethyl adjacent to an activating group) is 7. The zero-order valence-electron chi connectivity index (χ0n) is 69.6. The second-order valence-corrected chi connectivity index (χ2v) is 33.4. The van der Waals surface area contributed by atoms with Crippen LogP contribution in [0.4, 0.5) is 0 Å². The number of hydrogen-bond acceptors (Lipinski definition) is 16. The highest BCUT2D eigenvalue weighted by Gasteiger charge is 2.47. The van der Waals surface area contributed by atoms with Gasteiger partial charge in [-0.1, -0.05) is 128 Å². The molecule has 610 valence electrons. The fraction of sp³-hybridized carbons (Fsp3) is 0.772. The Kier molecular flexibility index (Phi) is 41.9. The summed E-state index contributed by atoms with van der Waals surface area (Å²) in [6.45, 7) is 29.5. The minimum absolute atomic E-state index is 0.0221. The molecule has 0 radical (unpaired) electrons. The highest BCUT2D eigenvalue weighted by atomic mass is 32.2. The Morgan fingerprint density at radius 2 is 0.935 bits per heavy atom. The number of nitrogens with zero attached hydrogens (tertiary/aromatic N) is 8. The maximum atomic E-state index is 15.6. The third kappa shape index (κ3) is 29.1. The molecule has 1 aliphatic heterocycles. The SMILES string of the molecule is CC[C@@H]1NC(=O)[C@H]([C@H](O)[C@H](C)CCCCCCNCc2ccc(C(=O)N(C)C)cc2)N(C)C(=O)[C@H](C(C)C)N(C)C(=O)[C@H](CC(C)C)N(C)C(=O)[C@H](CC(C)C)N(C)C(=O)[C@H](C)NC(=O)[C@@H](C)NC(=O)[C@@H](CC(C)C)N(C)C(=O)[C@@H](C(C)C)NC(=O)[C@H](CC(C)C)N(C)C(=O)[C@@H](CSCCCCO)N(C)C1=O. The summed E-state index contributed by atoms with van der Waals surface area (Å²) < 4.78 is 0. The van der Waals surface area contributed by atoms with Crippen LogP contribution in [0.5, 0.6) is 0 Å². The van der Waals surface area contributed by atoms with Crippen molar-refractivity contribution in [1.29, 1.82) is 0 Å². The van der Waals surface area contributed by atoms with E-state index in [1.807, 2.05) is 79.7 Å². The Morgan fingerprint density at radius 1 is 0.486 bits per heavy atom. The van der Waals surface area contributed by atoms with Crippen molar-refractivity contribution >= 4 is 82.6 Å². The smallest absolute Gasteiger partial charge is 0.253 e. The fourth-order valence-corrected chi connectivity index (χ4v) is 14.7. The van der Waals surface area contributed by atoms with E-state index in [1.54, 1.807) is 55.6 Å². The van der Waals surface area contributed by atoms with Crippen molar-refractivity contribution in [3.8, 4) is 0 Å². The van der Waals surface area contributed by atoms with Crippen molar-refractivity contribution in [2.75, 3.05) is 88.1 Å². The topological polar surface area (TPSA) is 331 Å². The van der Waals surface area contributed by atoms with Crippen LogP contribution in [0.1, 0.15) is 204 Å². The standard InChI is InChI=1S/C79H139N13O14S/c1-26-58-74(101)90(23)63(46-107-40-32-31-39-93)77(104)86(19)60(42-48(4)5)70(97)84-64(51(10)11)78(105)87(20)59(41-47(2)3)69(96)81-54(15)68(95)82-55(16)72(99)88(21)61(43-49(6)7)75(102)89(22)62(44-50(8)9)76(103)91(24)65(52(12)13)79(106)92(25)66(71(98)83-58)67(94)53(14)33-29-27-28-30-38-80-45-56-34-36-57(37-35-56)73(100)85(17)18/h34-37,47-55,58-67,80,93-94H,26-33,38-46H2,1-25H3,(H,81,96)(H,82,95)(H,83,98)(H,84,97)/t53-,54-,55+,58+,59-,60+,61+,62+,63-,64-,65+,66+,67-/m1/s1. The van der Waals surface area contributed by atoms with Crippen molar-refractivity contribution in [2.24, 2.45) is 41.4 Å². The van der Waals surface area contributed by atoms with Crippen LogP contribution in [0, 0.1) is 41.4 Å². The van der Waals surface area contributed by atoms with E-state index in [4.69, 9.17) is 0 Å². The zero-order valence-corrected chi connectivity index (χ0v) is 70.4. The van der Waals surface area contributed by atoms with Gasteiger partial charge in [0.1, 0.15) is 66.5 Å². The largest absolute Gasteiger partial charge is 0.396 e. The van der Waals surface area contributed by atoms with Crippen molar-refractivity contribution in [3.63, 3.8) is 0 Å². The average Bonchev–Trinajstić information content (AvgIpc) is 0.805. The predicted octanol–water partition coefficient (Wildman–Crippen LogP) is 5.62. The van der Waals surface area contributed by atoms with Gasteiger partial charge in [0.05, 0.1) is 6.10 Å². The molecule has 1 aliphatic rings. The highest BCUT2D eigenvalue weighted by molar-refractivity contribution is 7.99. The van der Waals surface area contributed by atoms with Gasteiger partial charge in [-0.25, -0.2) is 0 Å². The second-order valence-electron chi connectivity index (χ2n) is 32.3. The van der Waals surface area contributed by atoms with Gasteiger partial charge in [0, 0.05) is 87.9 Å². The molecule has 1 fully saturated rings. The minimum atomic E-state index is -1.66. The molecule has 0 aromatic heterocycles. The molecule has 1 aromatic carbocycles. The molecular formula is C79H139N13O14S. The summed E-state index contributed by atoms with van der Waals surface area (Å²) in [6.07, 6.45) is 3.54. The van der Waals surface area contributed by atoms with Crippen LogP contribution in [-0.4, -0.2) is 281 Å². The molecule has 0 bridgehead atoms. The van der Waals surface area contributed by atoms with Crippen molar-refractivity contribution in [3.05, 3.63) is 35.4 Å². The number of aliphatic hydroxyl groups is 2. The van der Waals surface area contributed by atoms with E-state index in [0.29, 0.717) is 43.5 Å². The number of carbonyl (C=O) groups excluding carboxylic acids is 12. The summed E-state index contributed by atoms with van der Waals surface area (Å²) >= 11 is 1.35. The van der Waals surface area contributed by atoms with Crippen molar-refractivity contribution in [1.82, 2.24) is 65.8 Å². The molecule has 1 aromatic rings. The Morgan fingerprint density at radius 3 is 1.43 bits per heavy atom. The first kappa shape index (κ1) is 96.2. The molecule has 0 unspecified atom stereocenters. The molecule has 107 heavy (non-hydrogen) atoms. The average molecular weight is 1530 g/mol. The number of benzene rings is 1. The predicted molar refractivity (Wildman–Crippen MR) is 421 cm³/mol. The number of carbonyl (C=O) groups is 12. The molecule has 28 heteroatoms. The number of amides is 12. The molecule has 7 N–H and O–H groups in total. The Hall–Kier alpha value is -6.91. The summed E-state index contributed by atoms with van der Waals surface area (Å²) in [4.78, 5) is 188. The van der Waals surface area contributed by atoms with E-state index >= 15 is 33.6 Å². The van der Waals surface area contributed by atoms with Crippen LogP contribution in [0.3, 0.4) is 0 Å². The van der Waals surface area contributed by atoms with E-state index in [1.165, 1.54) is 109 Å². The monoisotopic (exact) mass is 1530 g/mol. The lowest BCUT2D eigenvalue weighted by Gasteiger charge is -2.41. The van der Waals surface area contributed by atoms with Crippen LogP contribution >= 0.6 is 11.8 Å². The lowest BCUT2D eigenvalue weighted by Crippen LogP contribution is -2.64. The summed E-state index contributed by atoms with van der Waals surface area (Å²) in [6, 6.07) is -6.57. The van der Waals surface area contributed by atoms with Crippen LogP contribution in [0.2, 0.25) is 0 Å². The summed E-state index contributed by atoms with van der Waals surface area (Å²) in [5.74, 6) is -9.63. The minimum Gasteiger partial charge on any atom is -0.396 e. The molecule has 1 heterocycles. The molecule has 0 saturated carbocycles. The first-order valence-corrected chi connectivity index (χ1v) is 40.0. The van der Waals surface area contributed by atoms with Gasteiger partial charge >= 0.3 is 0 Å². The molecule has 2 rings (SSSR count). The van der Waals surface area contributed by atoms with Gasteiger partial charge < -0.3 is 76.0 Å². The van der Waals surface area contributed by atoms with Crippen molar-refractivity contribution < 1.29 is 67.7 Å². The molecule has 27 nitrogen and oxygen atoms in total. The third-order valence-corrected chi connectivity index (χ3v) is 21.4. The van der Waals surface area contributed by atoms with Gasteiger partial charge in [-0.15, -0.1) is 0 Å². The number of aliphatic hydroxyl groups excluding tert-OH is 2. The van der Waals surface area contributed by atoms with Gasteiger partial charge in [-0.05, 0) is 143 Å². The maximum absolute atomic E-state index is 15.6. The molecular weight excluding hydrogens is 1390 g/mol. The van der Waals surface area contributed by atoms with E-state index in [-0.39, 0.29) is 74.0 Å². The summed E-state index contributed by atoms with van der Waals surface area (Å²) in [5.41, 5.74) is 1.64. The van der Waals surface area contributed by atoms with Gasteiger partial charge in [-0.3, -0.25) is 57.5 Å². The fourth-order valence-electron chi connectivity index (χ4n) is 13.5. The molecule has 12 amide bonds. The number of rotatable bonds is 29. The normalized spacial score (nSPS) is 24.4. The summed E-state index contributed by atoms with van der Waals surface area (Å²) in [7, 11) is 13.5. The maximum Gasteiger partial charge on any atom is 0.253 e. The number of unbranched alkanes of at least 4 members (excludes halogenated alkanes) is 4. The molecule has 0 aliphatic carbocycles. The quantitative estimate of drug-likeness (QED) is 0.0479. The van der Waals surface area contributed by atoms with Crippen LogP contribution in [-0.2, 0) is 59.3 Å². The number of thioether (sulfide) groups is 1. The number of hydrogen-bond donors (Lipinski definition) is 7. The van der Waals surface area contributed by atoms with Gasteiger partial charge in [0.2, 0.25) is 65.0 Å². The highest BCUT2D eigenvalue weighted by Crippen LogP contribution is 2.27. The Labute approximate surface area is 645 Å². The first-order valence-electron chi connectivity index (χ1n) is 38.9. The Bertz CT molecular complexity index is 3040. The first-order chi connectivity index (χ1) is 49.9. The summed E-state index contributed by atoms with van der Waals surface area (Å²) in [5, 5.41) is 37.0. The zero-order chi connectivity index (χ0) is 81.8. The van der Waals surface area contributed by atoms with Gasteiger partial charge in [0.15, 0.2) is 0 Å². The second kappa shape index (κ2) is 46.6. The van der Waals surface area contributed by atoms with Crippen molar-refractivity contribution in [2.45, 2.75) is 267 Å². The number of nitrogens with one attached hydrogen (secondary N) is 5. The van der Waals surface area contributed by atoms with Crippen LogP contribution in [0.25, 0.3) is 0 Å². The van der Waals surface area contributed by atoms with Crippen LogP contribution in [0.15, 0.2) is 24.3 Å². The molecule has 0 spiro atoms. The van der Waals surface area contributed by atoms with E-state index in [9.17, 15) is 34.2 Å². The third-order valence-electron chi connectivity index (χ3n) is 20.3. The lowest BCUT2D eigenvalue weighted by atomic mass is 9.90.